The number of rotatable bonds is 8. The summed E-state index contributed by atoms with van der Waals surface area (Å²) in [5.74, 6) is 0.738. The molecule has 2 aromatic carbocycles. The molecule has 2 aromatic rings. The molecule has 29 heavy (non-hydrogen) atoms. The number of likely N-dealkylation sites (tertiary alicyclic amines) is 1. The van der Waals surface area contributed by atoms with Crippen molar-refractivity contribution in [3.05, 3.63) is 63.7 Å². The Labute approximate surface area is 170 Å². The number of nitrogens with zero attached hydrogens (tertiary/aromatic N) is 2. The second-order valence-corrected chi connectivity index (χ2v) is 8.78. The third kappa shape index (κ3) is 4.75. The van der Waals surface area contributed by atoms with Crippen LogP contribution in [0.2, 0.25) is 0 Å². The van der Waals surface area contributed by atoms with E-state index in [0.717, 1.165) is 37.2 Å². The van der Waals surface area contributed by atoms with Crippen LogP contribution in [0.3, 0.4) is 0 Å². The molecule has 0 saturated carbocycles. The van der Waals surface area contributed by atoms with Crippen molar-refractivity contribution >= 4 is 15.7 Å². The van der Waals surface area contributed by atoms with Gasteiger partial charge in [0.25, 0.3) is 5.69 Å². The number of sulfonamides is 1. The Bertz CT molecular complexity index is 970. The maximum atomic E-state index is 12.9. The minimum Gasteiger partial charge on any atom is -0.497 e. The molecule has 0 aromatic heterocycles. The number of nitro benzene ring substituents is 1. The summed E-state index contributed by atoms with van der Waals surface area (Å²) in [5.41, 5.74) is 0.914. The molecule has 0 unspecified atom stereocenters. The molecule has 1 aliphatic heterocycles. The Morgan fingerprint density at radius 2 is 1.83 bits per heavy atom. The van der Waals surface area contributed by atoms with Gasteiger partial charge < -0.3 is 4.74 Å². The van der Waals surface area contributed by atoms with Gasteiger partial charge in [0.2, 0.25) is 10.0 Å². The van der Waals surface area contributed by atoms with Crippen molar-refractivity contribution in [1.82, 2.24) is 9.62 Å². The SMILES string of the molecule is COc1ccc([C@@H](CNS(=O)(=O)c2cccc([N+](=O)[O-])c2C)N2CCCC2)cc1. The summed E-state index contributed by atoms with van der Waals surface area (Å²) in [6.07, 6.45) is 2.15. The van der Waals surface area contributed by atoms with Gasteiger partial charge in [0.05, 0.1) is 16.9 Å². The molecule has 1 atom stereocenters. The summed E-state index contributed by atoms with van der Waals surface area (Å²) in [7, 11) is -2.30. The quantitative estimate of drug-likeness (QED) is 0.521. The lowest BCUT2D eigenvalue weighted by molar-refractivity contribution is -0.385. The van der Waals surface area contributed by atoms with Crippen molar-refractivity contribution in [2.24, 2.45) is 0 Å². The van der Waals surface area contributed by atoms with Crippen molar-refractivity contribution in [1.29, 1.82) is 0 Å². The molecule has 1 saturated heterocycles. The first-order valence-corrected chi connectivity index (χ1v) is 10.9. The van der Waals surface area contributed by atoms with Crippen LogP contribution < -0.4 is 9.46 Å². The Hall–Kier alpha value is -2.49. The number of nitro groups is 1. The van der Waals surface area contributed by atoms with Gasteiger partial charge >= 0.3 is 0 Å². The van der Waals surface area contributed by atoms with Crippen molar-refractivity contribution < 1.29 is 18.1 Å². The Morgan fingerprint density at radius 1 is 1.17 bits per heavy atom. The fourth-order valence-corrected chi connectivity index (χ4v) is 4.99. The highest BCUT2D eigenvalue weighted by Crippen LogP contribution is 2.28. The van der Waals surface area contributed by atoms with E-state index < -0.39 is 14.9 Å². The van der Waals surface area contributed by atoms with E-state index in [0.29, 0.717) is 0 Å². The van der Waals surface area contributed by atoms with Crippen molar-refractivity contribution in [3.63, 3.8) is 0 Å². The average molecular weight is 420 g/mol. The molecule has 0 aliphatic carbocycles. The Balaban J connectivity index is 1.85. The third-order valence-corrected chi connectivity index (χ3v) is 6.86. The standard InChI is InChI=1S/C20H25N3O5S/c1-15-18(23(24)25)6-5-7-20(15)29(26,27)21-14-19(22-12-3-4-13-22)16-8-10-17(28-2)11-9-16/h5-11,19,21H,3-4,12-14H2,1-2H3/t19-/m1/s1. The summed E-state index contributed by atoms with van der Waals surface area (Å²) < 4.78 is 33.7. The molecular formula is C20H25N3O5S. The third-order valence-electron chi connectivity index (χ3n) is 5.29. The van der Waals surface area contributed by atoms with Crippen LogP contribution in [0.1, 0.15) is 30.0 Å². The summed E-state index contributed by atoms with van der Waals surface area (Å²) >= 11 is 0. The summed E-state index contributed by atoms with van der Waals surface area (Å²) in [5, 5.41) is 11.2. The van der Waals surface area contributed by atoms with Gasteiger partial charge in [-0.1, -0.05) is 18.2 Å². The molecule has 1 N–H and O–H groups in total. The van der Waals surface area contributed by atoms with E-state index in [2.05, 4.69) is 9.62 Å². The first-order chi connectivity index (χ1) is 13.8. The van der Waals surface area contributed by atoms with Gasteiger partial charge in [0.15, 0.2) is 0 Å². The van der Waals surface area contributed by atoms with Gasteiger partial charge in [-0.3, -0.25) is 15.0 Å². The Kier molecular flexibility index (Phi) is 6.51. The number of hydrogen-bond donors (Lipinski definition) is 1. The predicted octanol–water partition coefficient (Wildman–Crippen LogP) is 3.03. The smallest absolute Gasteiger partial charge is 0.273 e. The zero-order chi connectivity index (χ0) is 21.0. The molecule has 3 rings (SSSR count). The molecule has 156 valence electrons. The van der Waals surface area contributed by atoms with Crippen LogP contribution in [0, 0.1) is 17.0 Å². The molecule has 1 heterocycles. The van der Waals surface area contributed by atoms with Crippen LogP contribution in [0.5, 0.6) is 5.75 Å². The van der Waals surface area contributed by atoms with Crippen LogP contribution in [-0.2, 0) is 10.0 Å². The normalized spacial score (nSPS) is 15.9. The van der Waals surface area contributed by atoms with Gasteiger partial charge in [0, 0.05) is 24.2 Å². The first kappa shape index (κ1) is 21.2. The average Bonchev–Trinajstić information content (AvgIpc) is 3.23. The second-order valence-electron chi connectivity index (χ2n) is 7.04. The molecule has 0 spiro atoms. The van der Waals surface area contributed by atoms with Gasteiger partial charge in [0.1, 0.15) is 5.75 Å². The number of methoxy groups -OCH3 is 1. The molecular weight excluding hydrogens is 394 g/mol. The van der Waals surface area contributed by atoms with Crippen LogP contribution in [0.15, 0.2) is 47.4 Å². The van der Waals surface area contributed by atoms with E-state index in [-0.39, 0.29) is 28.7 Å². The minimum absolute atomic E-state index is 0.0680. The zero-order valence-electron chi connectivity index (χ0n) is 16.5. The highest BCUT2D eigenvalue weighted by molar-refractivity contribution is 7.89. The highest BCUT2D eigenvalue weighted by Gasteiger charge is 2.27. The number of hydrogen-bond acceptors (Lipinski definition) is 6. The number of benzene rings is 2. The summed E-state index contributed by atoms with van der Waals surface area (Å²) in [6, 6.07) is 11.6. The van der Waals surface area contributed by atoms with Crippen LogP contribution in [-0.4, -0.2) is 45.0 Å². The molecule has 0 radical (unpaired) electrons. The number of ether oxygens (including phenoxy) is 1. The van der Waals surface area contributed by atoms with Gasteiger partial charge in [-0.15, -0.1) is 0 Å². The van der Waals surface area contributed by atoms with Crippen molar-refractivity contribution in [3.8, 4) is 5.75 Å². The van der Waals surface area contributed by atoms with Crippen LogP contribution >= 0.6 is 0 Å². The largest absolute Gasteiger partial charge is 0.497 e. The van der Waals surface area contributed by atoms with E-state index in [4.69, 9.17) is 4.74 Å². The fraction of sp³-hybridized carbons (Fsp3) is 0.400. The van der Waals surface area contributed by atoms with E-state index in [1.165, 1.54) is 25.1 Å². The Morgan fingerprint density at radius 3 is 2.41 bits per heavy atom. The maximum Gasteiger partial charge on any atom is 0.273 e. The first-order valence-electron chi connectivity index (χ1n) is 9.45. The molecule has 8 nitrogen and oxygen atoms in total. The lowest BCUT2D eigenvalue weighted by Crippen LogP contribution is -2.37. The van der Waals surface area contributed by atoms with Crippen molar-refractivity contribution in [2.75, 3.05) is 26.7 Å². The van der Waals surface area contributed by atoms with Crippen molar-refractivity contribution in [2.45, 2.75) is 30.7 Å². The summed E-state index contributed by atoms with van der Waals surface area (Å²) in [6.45, 7) is 3.42. The lowest BCUT2D eigenvalue weighted by Gasteiger charge is -2.28. The monoisotopic (exact) mass is 419 g/mol. The van der Waals surface area contributed by atoms with E-state index >= 15 is 0 Å². The lowest BCUT2D eigenvalue weighted by atomic mass is 10.1. The molecule has 1 fully saturated rings. The second kappa shape index (κ2) is 8.89. The minimum atomic E-state index is -3.90. The fourth-order valence-electron chi connectivity index (χ4n) is 3.70. The number of nitrogens with one attached hydrogen (secondary N) is 1. The molecule has 1 aliphatic rings. The summed E-state index contributed by atoms with van der Waals surface area (Å²) in [4.78, 5) is 12.8. The molecule has 0 bridgehead atoms. The molecule has 0 amide bonds. The van der Waals surface area contributed by atoms with Gasteiger partial charge in [-0.25, -0.2) is 13.1 Å². The van der Waals surface area contributed by atoms with E-state index in [1.54, 1.807) is 7.11 Å². The van der Waals surface area contributed by atoms with E-state index in [1.807, 2.05) is 24.3 Å². The van der Waals surface area contributed by atoms with Crippen LogP contribution in [0.4, 0.5) is 5.69 Å². The van der Waals surface area contributed by atoms with Crippen LogP contribution in [0.25, 0.3) is 0 Å². The van der Waals surface area contributed by atoms with Gasteiger partial charge in [-0.05, 0) is 56.6 Å². The maximum absolute atomic E-state index is 12.9. The highest BCUT2D eigenvalue weighted by atomic mass is 32.2. The topological polar surface area (TPSA) is 102 Å². The van der Waals surface area contributed by atoms with Gasteiger partial charge in [-0.2, -0.15) is 0 Å². The zero-order valence-corrected chi connectivity index (χ0v) is 17.3. The van der Waals surface area contributed by atoms with E-state index in [9.17, 15) is 18.5 Å². The molecule has 9 heteroatoms. The predicted molar refractivity (Wildman–Crippen MR) is 110 cm³/mol.